The zero-order chi connectivity index (χ0) is 9.26. The standard InChI is InChI=1S/C10H12FNO/c1-2-8-10(11)9(5-6-12-8)13-7-3-4-7/h5-7H,2-4H2,1H3. The second kappa shape index (κ2) is 3.32. The zero-order valence-electron chi connectivity index (χ0n) is 7.59. The van der Waals surface area contributed by atoms with Crippen molar-refractivity contribution in [1.29, 1.82) is 0 Å². The average Bonchev–Trinajstić information content (AvgIpc) is 2.92. The molecule has 1 aliphatic rings. The van der Waals surface area contributed by atoms with Crippen LogP contribution >= 0.6 is 0 Å². The highest BCUT2D eigenvalue weighted by Gasteiger charge is 2.25. The second-order valence-electron chi connectivity index (χ2n) is 3.24. The maximum atomic E-state index is 13.5. The fraction of sp³-hybridized carbons (Fsp3) is 0.500. The normalized spacial score (nSPS) is 15.8. The maximum absolute atomic E-state index is 13.5. The van der Waals surface area contributed by atoms with Gasteiger partial charge in [0.2, 0.25) is 0 Å². The van der Waals surface area contributed by atoms with Crippen LogP contribution in [0.5, 0.6) is 5.75 Å². The minimum absolute atomic E-state index is 0.238. The van der Waals surface area contributed by atoms with E-state index in [1.165, 1.54) is 0 Å². The summed E-state index contributed by atoms with van der Waals surface area (Å²) in [5.41, 5.74) is 0.484. The van der Waals surface area contributed by atoms with Gasteiger partial charge in [-0.15, -0.1) is 0 Å². The van der Waals surface area contributed by atoms with Crippen LogP contribution in [0.15, 0.2) is 12.3 Å². The van der Waals surface area contributed by atoms with Crippen LogP contribution in [0.2, 0.25) is 0 Å². The topological polar surface area (TPSA) is 22.1 Å². The van der Waals surface area contributed by atoms with Crippen LogP contribution < -0.4 is 4.74 Å². The minimum atomic E-state index is -0.295. The van der Waals surface area contributed by atoms with Crippen molar-refractivity contribution >= 4 is 0 Å². The summed E-state index contributed by atoms with van der Waals surface area (Å²) >= 11 is 0. The lowest BCUT2D eigenvalue weighted by molar-refractivity contribution is 0.285. The number of aromatic nitrogens is 1. The third kappa shape index (κ3) is 1.79. The van der Waals surface area contributed by atoms with Gasteiger partial charge in [0.25, 0.3) is 0 Å². The highest BCUT2D eigenvalue weighted by atomic mass is 19.1. The lowest BCUT2D eigenvalue weighted by atomic mass is 10.2. The smallest absolute Gasteiger partial charge is 0.186 e. The van der Waals surface area contributed by atoms with Gasteiger partial charge in [0.1, 0.15) is 0 Å². The van der Waals surface area contributed by atoms with Gasteiger partial charge in [0.05, 0.1) is 11.8 Å². The molecule has 2 nitrogen and oxygen atoms in total. The van der Waals surface area contributed by atoms with Crippen molar-refractivity contribution in [1.82, 2.24) is 4.98 Å². The molecule has 0 spiro atoms. The number of nitrogens with zero attached hydrogens (tertiary/aromatic N) is 1. The second-order valence-corrected chi connectivity index (χ2v) is 3.24. The van der Waals surface area contributed by atoms with Gasteiger partial charge in [-0.2, -0.15) is 0 Å². The Morgan fingerprint density at radius 2 is 2.38 bits per heavy atom. The first kappa shape index (κ1) is 8.48. The van der Waals surface area contributed by atoms with E-state index in [9.17, 15) is 4.39 Å². The highest BCUT2D eigenvalue weighted by Crippen LogP contribution is 2.28. The van der Waals surface area contributed by atoms with Gasteiger partial charge < -0.3 is 4.74 Å². The molecule has 1 aromatic heterocycles. The van der Waals surface area contributed by atoms with E-state index in [0.717, 1.165) is 12.8 Å². The van der Waals surface area contributed by atoms with E-state index in [1.54, 1.807) is 12.3 Å². The lowest BCUT2D eigenvalue weighted by Gasteiger charge is -2.06. The first-order valence-corrected chi connectivity index (χ1v) is 4.61. The zero-order valence-corrected chi connectivity index (χ0v) is 7.59. The van der Waals surface area contributed by atoms with Crippen molar-refractivity contribution in [3.05, 3.63) is 23.8 Å². The number of hydrogen-bond donors (Lipinski definition) is 0. The molecule has 1 saturated carbocycles. The molecule has 13 heavy (non-hydrogen) atoms. The molecule has 0 aromatic carbocycles. The van der Waals surface area contributed by atoms with Gasteiger partial charge in [-0.05, 0) is 19.3 Å². The quantitative estimate of drug-likeness (QED) is 0.714. The molecule has 0 aliphatic heterocycles. The Bertz CT molecular complexity index is 310. The predicted octanol–water partition coefficient (Wildman–Crippen LogP) is 2.32. The summed E-state index contributed by atoms with van der Waals surface area (Å²) < 4.78 is 18.9. The van der Waals surface area contributed by atoms with E-state index in [1.807, 2.05) is 6.92 Å². The Morgan fingerprint density at radius 1 is 1.62 bits per heavy atom. The van der Waals surface area contributed by atoms with Crippen molar-refractivity contribution in [3.8, 4) is 5.75 Å². The van der Waals surface area contributed by atoms with Crippen LogP contribution in [-0.2, 0) is 6.42 Å². The average molecular weight is 181 g/mol. The van der Waals surface area contributed by atoms with Crippen molar-refractivity contribution in [2.24, 2.45) is 0 Å². The molecule has 70 valence electrons. The fourth-order valence-corrected chi connectivity index (χ4v) is 1.17. The molecule has 0 amide bonds. The van der Waals surface area contributed by atoms with Crippen LogP contribution in [0.1, 0.15) is 25.5 Å². The van der Waals surface area contributed by atoms with Gasteiger partial charge >= 0.3 is 0 Å². The molecule has 2 rings (SSSR count). The summed E-state index contributed by atoms with van der Waals surface area (Å²) in [4.78, 5) is 3.93. The first-order valence-electron chi connectivity index (χ1n) is 4.61. The van der Waals surface area contributed by atoms with Gasteiger partial charge in [-0.3, -0.25) is 4.98 Å². The number of rotatable bonds is 3. The van der Waals surface area contributed by atoms with Crippen molar-refractivity contribution in [2.45, 2.75) is 32.3 Å². The molecule has 0 N–H and O–H groups in total. The molecule has 0 radical (unpaired) electrons. The lowest BCUT2D eigenvalue weighted by Crippen LogP contribution is -2.01. The molecule has 0 saturated heterocycles. The highest BCUT2D eigenvalue weighted by molar-refractivity contribution is 5.26. The van der Waals surface area contributed by atoms with Crippen LogP contribution in [0, 0.1) is 5.82 Å². The van der Waals surface area contributed by atoms with Gasteiger partial charge in [0, 0.05) is 12.3 Å². The third-order valence-corrected chi connectivity index (χ3v) is 2.08. The largest absolute Gasteiger partial charge is 0.487 e. The Morgan fingerprint density at radius 3 is 3.00 bits per heavy atom. The Hall–Kier alpha value is -1.12. The van der Waals surface area contributed by atoms with Crippen molar-refractivity contribution < 1.29 is 9.13 Å². The number of pyridine rings is 1. The van der Waals surface area contributed by atoms with Gasteiger partial charge in [-0.1, -0.05) is 6.92 Å². The summed E-state index contributed by atoms with van der Waals surface area (Å²) in [6, 6.07) is 1.59. The van der Waals surface area contributed by atoms with Crippen molar-refractivity contribution in [2.75, 3.05) is 0 Å². The fourth-order valence-electron chi connectivity index (χ4n) is 1.17. The van der Waals surface area contributed by atoms with E-state index >= 15 is 0 Å². The first-order chi connectivity index (χ1) is 6.31. The van der Waals surface area contributed by atoms with Gasteiger partial charge in [0.15, 0.2) is 11.6 Å². The Balaban J connectivity index is 2.22. The molecule has 1 aromatic rings. The van der Waals surface area contributed by atoms with E-state index in [0.29, 0.717) is 17.9 Å². The van der Waals surface area contributed by atoms with Crippen LogP contribution in [-0.4, -0.2) is 11.1 Å². The summed E-state index contributed by atoms with van der Waals surface area (Å²) in [6.07, 6.45) is 4.53. The van der Waals surface area contributed by atoms with Gasteiger partial charge in [-0.25, -0.2) is 4.39 Å². The molecule has 1 fully saturated rings. The molecule has 1 aliphatic carbocycles. The summed E-state index contributed by atoms with van der Waals surface area (Å²) in [5.74, 6) is 0.0613. The molecular weight excluding hydrogens is 169 g/mol. The van der Waals surface area contributed by atoms with Crippen LogP contribution in [0.3, 0.4) is 0 Å². The SMILES string of the molecule is CCc1nccc(OC2CC2)c1F. The maximum Gasteiger partial charge on any atom is 0.186 e. The van der Waals surface area contributed by atoms with E-state index < -0.39 is 0 Å². The summed E-state index contributed by atoms with van der Waals surface area (Å²) in [7, 11) is 0. The molecule has 0 atom stereocenters. The summed E-state index contributed by atoms with van der Waals surface area (Å²) in [6.45, 7) is 1.88. The summed E-state index contributed by atoms with van der Waals surface area (Å²) in [5, 5.41) is 0. The molecule has 3 heteroatoms. The molecule has 0 unspecified atom stereocenters. The number of hydrogen-bond acceptors (Lipinski definition) is 2. The molecule has 0 bridgehead atoms. The van der Waals surface area contributed by atoms with Crippen molar-refractivity contribution in [3.63, 3.8) is 0 Å². The molecular formula is C10H12FNO. The Labute approximate surface area is 76.7 Å². The predicted molar refractivity (Wildman–Crippen MR) is 47.2 cm³/mol. The van der Waals surface area contributed by atoms with E-state index in [-0.39, 0.29) is 11.9 Å². The Kier molecular flexibility index (Phi) is 2.17. The molecule has 1 heterocycles. The van der Waals surface area contributed by atoms with E-state index in [2.05, 4.69) is 4.98 Å². The number of ether oxygens (including phenoxy) is 1. The monoisotopic (exact) mass is 181 g/mol. The van der Waals surface area contributed by atoms with Crippen LogP contribution in [0.4, 0.5) is 4.39 Å². The van der Waals surface area contributed by atoms with E-state index in [4.69, 9.17) is 4.74 Å². The van der Waals surface area contributed by atoms with Crippen LogP contribution in [0.25, 0.3) is 0 Å². The minimum Gasteiger partial charge on any atom is -0.487 e. The number of halogens is 1. The third-order valence-electron chi connectivity index (χ3n) is 2.08. The number of aryl methyl sites for hydroxylation is 1.